The van der Waals surface area contributed by atoms with Crippen molar-refractivity contribution in [1.29, 1.82) is 0 Å². The molecule has 1 amide bonds. The highest BCUT2D eigenvalue weighted by Gasteiger charge is 2.08. The molecule has 7 heteroatoms. The molecule has 1 heterocycles. The van der Waals surface area contributed by atoms with Crippen LogP contribution in [0.3, 0.4) is 0 Å². The Morgan fingerprint density at radius 1 is 1.12 bits per heavy atom. The van der Waals surface area contributed by atoms with Gasteiger partial charge in [0.2, 0.25) is 0 Å². The second kappa shape index (κ2) is 9.62. The first-order chi connectivity index (χ1) is 11.7. The first-order valence-corrected chi connectivity index (χ1v) is 8.15. The maximum Gasteiger partial charge on any atom is 0.252 e. The number of hydrogen-bond donors (Lipinski definition) is 3. The fourth-order valence-corrected chi connectivity index (χ4v) is 2.22. The van der Waals surface area contributed by atoms with Crippen molar-refractivity contribution in [2.75, 3.05) is 19.6 Å². The summed E-state index contributed by atoms with van der Waals surface area (Å²) in [5, 5.41) is 9.55. The van der Waals surface area contributed by atoms with Crippen molar-refractivity contribution < 1.29 is 9.21 Å². The van der Waals surface area contributed by atoms with Crippen LogP contribution in [0.15, 0.2) is 52.1 Å². The van der Waals surface area contributed by atoms with E-state index in [1.54, 1.807) is 30.5 Å². The Morgan fingerprint density at radius 2 is 1.92 bits per heavy atom. The lowest BCUT2D eigenvalue weighted by Crippen LogP contribution is -2.41. The molecule has 6 nitrogen and oxygen atoms in total. The first kappa shape index (κ1) is 17.9. The summed E-state index contributed by atoms with van der Waals surface area (Å²) in [5.74, 6) is 1.26. The van der Waals surface area contributed by atoms with Crippen molar-refractivity contribution in [1.82, 2.24) is 16.0 Å². The van der Waals surface area contributed by atoms with Crippen LogP contribution in [-0.4, -0.2) is 31.5 Å². The fraction of sp³-hybridized carbons (Fsp3) is 0.294. The Balaban J connectivity index is 1.77. The molecule has 0 bridgehead atoms. The average molecular weight is 349 g/mol. The van der Waals surface area contributed by atoms with Crippen LogP contribution in [0, 0.1) is 0 Å². The summed E-state index contributed by atoms with van der Waals surface area (Å²) in [6, 6.07) is 10.7. The van der Waals surface area contributed by atoms with Crippen LogP contribution in [0.25, 0.3) is 0 Å². The summed E-state index contributed by atoms with van der Waals surface area (Å²) < 4.78 is 5.25. The third-order valence-corrected chi connectivity index (χ3v) is 3.47. The monoisotopic (exact) mass is 348 g/mol. The molecule has 0 aliphatic heterocycles. The average Bonchev–Trinajstić information content (AvgIpc) is 3.10. The molecule has 2 rings (SSSR count). The quantitative estimate of drug-likeness (QED) is 0.408. The highest BCUT2D eigenvalue weighted by molar-refractivity contribution is 6.33. The van der Waals surface area contributed by atoms with E-state index < -0.39 is 0 Å². The number of amides is 1. The number of carbonyl (C=O) groups is 1. The normalized spacial score (nSPS) is 11.2. The van der Waals surface area contributed by atoms with Crippen molar-refractivity contribution in [2.45, 2.75) is 13.5 Å². The molecule has 0 radical (unpaired) electrons. The Morgan fingerprint density at radius 3 is 2.62 bits per heavy atom. The number of halogens is 1. The Labute approximate surface area is 146 Å². The van der Waals surface area contributed by atoms with Gasteiger partial charge in [0, 0.05) is 19.6 Å². The molecule has 3 N–H and O–H groups in total. The third-order valence-electron chi connectivity index (χ3n) is 3.14. The van der Waals surface area contributed by atoms with E-state index in [1.165, 1.54) is 0 Å². The van der Waals surface area contributed by atoms with E-state index in [-0.39, 0.29) is 5.91 Å². The zero-order valence-electron chi connectivity index (χ0n) is 13.5. The maximum absolute atomic E-state index is 12.0. The van der Waals surface area contributed by atoms with Gasteiger partial charge in [-0.3, -0.25) is 4.79 Å². The Bertz CT molecular complexity index is 671. The predicted molar refractivity (Wildman–Crippen MR) is 95.3 cm³/mol. The number of benzene rings is 1. The number of nitrogens with zero attached hydrogens (tertiary/aromatic N) is 1. The fourth-order valence-electron chi connectivity index (χ4n) is 2.00. The standard InChI is InChI=1S/C17H21ClN4O2/c1-2-19-17(22-12-13-6-5-11-24-13)21-10-9-20-16(23)14-7-3-4-8-15(14)18/h3-8,11H,2,9-10,12H2,1H3,(H,20,23)(H2,19,21,22). The lowest BCUT2D eigenvalue weighted by atomic mass is 10.2. The Kier molecular flexibility index (Phi) is 7.17. The molecule has 128 valence electrons. The minimum Gasteiger partial charge on any atom is -0.467 e. The molecule has 24 heavy (non-hydrogen) atoms. The van der Waals surface area contributed by atoms with Gasteiger partial charge in [-0.2, -0.15) is 0 Å². The van der Waals surface area contributed by atoms with Crippen LogP contribution >= 0.6 is 11.6 Å². The van der Waals surface area contributed by atoms with Gasteiger partial charge in [0.15, 0.2) is 5.96 Å². The molecular formula is C17H21ClN4O2. The van der Waals surface area contributed by atoms with Gasteiger partial charge in [0.1, 0.15) is 12.3 Å². The molecule has 0 saturated heterocycles. The van der Waals surface area contributed by atoms with Crippen LogP contribution in [0.4, 0.5) is 0 Å². The van der Waals surface area contributed by atoms with E-state index in [0.717, 1.165) is 12.3 Å². The van der Waals surface area contributed by atoms with Crippen LogP contribution in [-0.2, 0) is 6.54 Å². The zero-order valence-corrected chi connectivity index (χ0v) is 14.3. The van der Waals surface area contributed by atoms with Gasteiger partial charge in [0.05, 0.1) is 16.8 Å². The van der Waals surface area contributed by atoms with Crippen molar-refractivity contribution in [3.8, 4) is 0 Å². The molecule has 0 atom stereocenters. The van der Waals surface area contributed by atoms with Crippen molar-refractivity contribution >= 4 is 23.5 Å². The van der Waals surface area contributed by atoms with Crippen LogP contribution in [0.2, 0.25) is 5.02 Å². The topological polar surface area (TPSA) is 78.7 Å². The van der Waals surface area contributed by atoms with E-state index in [4.69, 9.17) is 16.0 Å². The molecule has 0 saturated carbocycles. The maximum atomic E-state index is 12.0. The second-order valence-electron chi connectivity index (χ2n) is 4.94. The number of carbonyl (C=O) groups excluding carboxylic acids is 1. The SMILES string of the molecule is CCNC(=NCc1ccco1)NCCNC(=O)c1ccccc1Cl. The molecule has 0 aliphatic carbocycles. The lowest BCUT2D eigenvalue weighted by Gasteiger charge is -2.12. The number of furan rings is 1. The smallest absolute Gasteiger partial charge is 0.252 e. The second-order valence-corrected chi connectivity index (χ2v) is 5.34. The van der Waals surface area contributed by atoms with Gasteiger partial charge in [-0.05, 0) is 31.2 Å². The van der Waals surface area contributed by atoms with E-state index in [0.29, 0.717) is 36.2 Å². The van der Waals surface area contributed by atoms with Gasteiger partial charge in [-0.1, -0.05) is 23.7 Å². The summed E-state index contributed by atoms with van der Waals surface area (Å²) in [7, 11) is 0. The largest absolute Gasteiger partial charge is 0.467 e. The van der Waals surface area contributed by atoms with E-state index >= 15 is 0 Å². The lowest BCUT2D eigenvalue weighted by molar-refractivity contribution is 0.0954. The number of nitrogens with one attached hydrogen (secondary N) is 3. The highest BCUT2D eigenvalue weighted by atomic mass is 35.5. The summed E-state index contributed by atoms with van der Waals surface area (Å²) in [6.07, 6.45) is 1.62. The molecule has 0 spiro atoms. The van der Waals surface area contributed by atoms with Gasteiger partial charge in [-0.25, -0.2) is 4.99 Å². The molecule has 1 aromatic heterocycles. The number of aliphatic imine (C=N–C) groups is 1. The number of guanidine groups is 1. The van der Waals surface area contributed by atoms with Crippen LogP contribution in [0.1, 0.15) is 23.0 Å². The molecule has 0 aliphatic rings. The van der Waals surface area contributed by atoms with Crippen molar-refractivity contribution in [3.05, 3.63) is 59.0 Å². The highest BCUT2D eigenvalue weighted by Crippen LogP contribution is 2.14. The minimum absolute atomic E-state index is 0.195. The summed E-state index contributed by atoms with van der Waals surface area (Å²) in [4.78, 5) is 16.4. The number of hydrogen-bond acceptors (Lipinski definition) is 3. The van der Waals surface area contributed by atoms with E-state index in [2.05, 4.69) is 20.9 Å². The predicted octanol–water partition coefficient (Wildman–Crippen LogP) is 2.42. The molecular weight excluding hydrogens is 328 g/mol. The Hall–Kier alpha value is -2.47. The third kappa shape index (κ3) is 5.62. The molecule has 2 aromatic rings. The molecule has 1 aromatic carbocycles. The number of rotatable bonds is 7. The zero-order chi connectivity index (χ0) is 17.2. The van der Waals surface area contributed by atoms with Crippen molar-refractivity contribution in [3.63, 3.8) is 0 Å². The van der Waals surface area contributed by atoms with Crippen LogP contribution < -0.4 is 16.0 Å². The first-order valence-electron chi connectivity index (χ1n) is 7.78. The molecule has 0 fully saturated rings. The van der Waals surface area contributed by atoms with Gasteiger partial charge < -0.3 is 20.4 Å². The summed E-state index contributed by atoms with van der Waals surface area (Å²) >= 11 is 6.00. The van der Waals surface area contributed by atoms with E-state index in [1.807, 2.05) is 19.1 Å². The summed E-state index contributed by atoms with van der Waals surface area (Å²) in [5.41, 5.74) is 0.470. The van der Waals surface area contributed by atoms with Gasteiger partial charge in [-0.15, -0.1) is 0 Å². The van der Waals surface area contributed by atoms with Gasteiger partial charge in [0.25, 0.3) is 5.91 Å². The van der Waals surface area contributed by atoms with Crippen LogP contribution in [0.5, 0.6) is 0 Å². The minimum atomic E-state index is -0.195. The summed E-state index contributed by atoms with van der Waals surface area (Å²) in [6.45, 7) is 4.18. The molecule has 0 unspecified atom stereocenters. The van der Waals surface area contributed by atoms with Gasteiger partial charge >= 0.3 is 0 Å². The van der Waals surface area contributed by atoms with E-state index in [9.17, 15) is 4.79 Å². The van der Waals surface area contributed by atoms with Crippen molar-refractivity contribution in [2.24, 2.45) is 4.99 Å².